The minimum atomic E-state index is -5.12. The zero-order chi connectivity index (χ0) is 35.9. The molecule has 0 spiro atoms. The molecule has 2 unspecified atom stereocenters. The number of nitrogens with two attached hydrogens (primary N) is 2. The highest BCUT2D eigenvalue weighted by Crippen LogP contribution is 2.32. The van der Waals surface area contributed by atoms with Crippen LogP contribution in [-0.4, -0.2) is 117 Å². The zero-order valence-electron chi connectivity index (χ0n) is 24.4. The monoisotopic (exact) mass is 748 g/mol. The molecule has 0 saturated carbocycles. The van der Waals surface area contributed by atoms with Crippen molar-refractivity contribution in [1.29, 1.82) is 0 Å². The Morgan fingerprint density at radius 3 is 2.11 bits per heavy atom. The largest absolute Gasteiger partial charge is 0.548 e. The van der Waals surface area contributed by atoms with E-state index in [4.69, 9.17) is 29.9 Å². The Kier molecular flexibility index (Phi) is 13.9. The molecule has 1 aromatic carbocycles. The van der Waals surface area contributed by atoms with Crippen LogP contribution in [0, 0.1) is 6.92 Å². The Morgan fingerprint density at radius 2 is 1.62 bits per heavy atom. The van der Waals surface area contributed by atoms with Crippen LogP contribution < -0.4 is 16.6 Å². The lowest BCUT2D eigenvalue weighted by Crippen LogP contribution is -2.43. The van der Waals surface area contributed by atoms with Gasteiger partial charge in [-0.3, -0.25) is 18.2 Å². The molecule has 6 atom stereocenters. The van der Waals surface area contributed by atoms with E-state index < -0.39 is 67.5 Å². The summed E-state index contributed by atoms with van der Waals surface area (Å²) in [7, 11) is -14.5. The molecule has 0 aliphatic carbocycles. The molecule has 1 fully saturated rings. The number of carbonyl (C=O) groups is 1. The molecule has 21 nitrogen and oxygen atoms in total. The first-order valence-electron chi connectivity index (χ1n) is 12.7. The SMILES string of the molecule is C[S+](CCC(N)C(=O)[O-])C[C@H]1O[C@@H](n2cnc3c(N)ncnc32)[C@H](O)[C@@H]1O.Cc1ccc(S(=O)(=O)O)cc1.O=S(=O)(O)OS(=O)(=O)O. The number of nitrogens with zero attached hydrogens (tertiary/aromatic N) is 4. The minimum Gasteiger partial charge on any atom is -0.548 e. The number of benzene rings is 1. The van der Waals surface area contributed by atoms with Crippen molar-refractivity contribution in [3.05, 3.63) is 42.5 Å². The number of nitrogen functional groups attached to an aromatic ring is 1. The van der Waals surface area contributed by atoms with Gasteiger partial charge < -0.3 is 36.3 Å². The van der Waals surface area contributed by atoms with E-state index in [1.165, 1.54) is 29.4 Å². The Bertz CT molecular complexity index is 1810. The van der Waals surface area contributed by atoms with Crippen molar-refractivity contribution >= 4 is 64.8 Å². The number of aryl methyl sites for hydroxylation is 1. The lowest BCUT2D eigenvalue weighted by atomic mass is 10.1. The summed E-state index contributed by atoms with van der Waals surface area (Å²) < 4.78 is 92.5. The van der Waals surface area contributed by atoms with Crippen LogP contribution in [0.4, 0.5) is 5.82 Å². The van der Waals surface area contributed by atoms with Crippen LogP contribution in [0.5, 0.6) is 0 Å². The summed E-state index contributed by atoms with van der Waals surface area (Å²) in [6, 6.07) is 4.97. The molecule has 0 radical (unpaired) electrons. The van der Waals surface area contributed by atoms with E-state index in [0.29, 0.717) is 22.7 Å². The van der Waals surface area contributed by atoms with Crippen molar-refractivity contribution in [3.63, 3.8) is 0 Å². The van der Waals surface area contributed by atoms with Gasteiger partial charge in [0.25, 0.3) is 10.1 Å². The number of aliphatic hydroxyl groups excluding tert-OH is 2. The second-order valence-electron chi connectivity index (χ2n) is 9.71. The third-order valence-corrected chi connectivity index (χ3v) is 10.1. The summed E-state index contributed by atoms with van der Waals surface area (Å²) in [5.41, 5.74) is 13.0. The first-order chi connectivity index (χ1) is 21.5. The van der Waals surface area contributed by atoms with Gasteiger partial charge in [-0.05, 0) is 30.0 Å². The smallest absolute Gasteiger partial charge is 0.413 e. The maximum atomic E-state index is 10.7. The minimum absolute atomic E-state index is 0.0666. The average molecular weight is 749 g/mol. The van der Waals surface area contributed by atoms with Crippen molar-refractivity contribution < 1.29 is 67.4 Å². The van der Waals surface area contributed by atoms with E-state index in [0.717, 1.165) is 5.56 Å². The number of hydrogen-bond acceptors (Lipinski definition) is 17. The van der Waals surface area contributed by atoms with Gasteiger partial charge in [-0.15, -0.1) is 3.63 Å². The van der Waals surface area contributed by atoms with E-state index in [-0.39, 0.29) is 28.0 Å². The molecule has 25 heteroatoms. The molecule has 264 valence electrons. The van der Waals surface area contributed by atoms with Crippen molar-refractivity contribution in [2.45, 2.75) is 48.8 Å². The number of carboxylic acids is 1. The number of ether oxygens (including phenoxy) is 1. The number of carbonyl (C=O) groups excluding carboxylic acids is 1. The standard InChI is InChI=1S/C15H22N6O5S.C7H8O3S.H2O7S2/c1-27(3-2-7(16)15(24)25)4-8-10(22)11(23)14(26-8)21-6-20-9-12(17)18-5-19-13(9)21;1-6-2-4-7(5-3-6)11(8,9)10;1-8(2,3)7-9(4,5)6/h5-8,10-11,14,22-23H,2-4,16H2,1H3,(H2-,17,18,19,24,25);2-5H,1H3,(H,8,9,10);(H,1,2,3)(H,4,5,6)/t7?,8-,10-,11-,14-,27?;;/m1../s1. The number of anilines is 1. The zero-order valence-corrected chi connectivity index (χ0v) is 27.6. The molecule has 47 heavy (non-hydrogen) atoms. The van der Waals surface area contributed by atoms with Crippen molar-refractivity contribution in [2.75, 3.05) is 23.5 Å². The second kappa shape index (κ2) is 16.3. The van der Waals surface area contributed by atoms with Gasteiger partial charge in [0, 0.05) is 12.5 Å². The molecule has 1 aliphatic rings. The van der Waals surface area contributed by atoms with Crippen LogP contribution in [0.3, 0.4) is 0 Å². The number of aliphatic carboxylic acids is 1. The lowest BCUT2D eigenvalue weighted by molar-refractivity contribution is -0.307. The number of fused-ring (bicyclic) bond motifs is 1. The van der Waals surface area contributed by atoms with Crippen molar-refractivity contribution in [3.8, 4) is 0 Å². The van der Waals surface area contributed by atoms with E-state index in [9.17, 15) is 45.4 Å². The van der Waals surface area contributed by atoms with Crippen LogP contribution in [-0.2, 0) is 55.0 Å². The van der Waals surface area contributed by atoms with Gasteiger partial charge in [-0.1, -0.05) is 17.7 Å². The lowest BCUT2D eigenvalue weighted by Gasteiger charge is -2.16. The maximum absolute atomic E-state index is 10.7. The van der Waals surface area contributed by atoms with E-state index in [2.05, 4.69) is 18.6 Å². The Hall–Kier alpha value is -3.08. The Balaban J connectivity index is 0.000000315. The first-order valence-corrected chi connectivity index (χ1v) is 18.8. The number of carboxylic acid groups (broad SMARTS) is 1. The molecular weight excluding hydrogens is 717 g/mol. The molecule has 0 bridgehead atoms. The predicted octanol–water partition coefficient (Wildman–Crippen LogP) is -3.41. The highest BCUT2D eigenvalue weighted by atomic mass is 32.3. The summed E-state index contributed by atoms with van der Waals surface area (Å²) in [6.07, 6.45) is 1.17. The molecule has 3 aromatic rings. The fraction of sp³-hybridized carbons (Fsp3) is 0.455. The molecule has 4 rings (SSSR count). The molecule has 1 aliphatic heterocycles. The van der Waals surface area contributed by atoms with E-state index >= 15 is 0 Å². The van der Waals surface area contributed by atoms with Gasteiger partial charge >= 0.3 is 20.8 Å². The fourth-order valence-corrected chi connectivity index (χ4v) is 6.79. The maximum Gasteiger partial charge on any atom is 0.413 e. The number of imidazole rings is 1. The van der Waals surface area contributed by atoms with Gasteiger partial charge in [0.1, 0.15) is 41.7 Å². The average Bonchev–Trinajstić information content (AvgIpc) is 3.47. The molecule has 1 saturated heterocycles. The summed E-state index contributed by atoms with van der Waals surface area (Å²) in [5, 5.41) is 31.5. The highest BCUT2D eigenvalue weighted by Gasteiger charge is 2.46. The highest BCUT2D eigenvalue weighted by molar-refractivity contribution is 7.96. The number of hydrogen-bond donors (Lipinski definition) is 7. The van der Waals surface area contributed by atoms with Crippen LogP contribution in [0.1, 0.15) is 18.2 Å². The molecule has 9 N–H and O–H groups in total. The number of aliphatic hydroxyl groups is 2. The third kappa shape index (κ3) is 12.8. The first kappa shape index (κ1) is 40.1. The Morgan fingerprint density at radius 1 is 1.04 bits per heavy atom. The summed E-state index contributed by atoms with van der Waals surface area (Å²) >= 11 is 0. The molecule has 3 heterocycles. The van der Waals surface area contributed by atoms with Crippen molar-refractivity contribution in [2.24, 2.45) is 5.73 Å². The summed E-state index contributed by atoms with van der Waals surface area (Å²) in [5.74, 6) is -0.0611. The van der Waals surface area contributed by atoms with Gasteiger partial charge in [0.15, 0.2) is 17.7 Å². The van der Waals surface area contributed by atoms with E-state index in [1.807, 2.05) is 13.2 Å². The van der Waals surface area contributed by atoms with E-state index in [1.54, 1.807) is 12.1 Å². The van der Waals surface area contributed by atoms with Crippen LogP contribution in [0.15, 0.2) is 41.8 Å². The predicted molar refractivity (Wildman–Crippen MR) is 161 cm³/mol. The van der Waals surface area contributed by atoms with Crippen LogP contribution in [0.2, 0.25) is 0 Å². The van der Waals surface area contributed by atoms with Crippen molar-refractivity contribution in [1.82, 2.24) is 19.5 Å². The molecular formula is C22H32N6O15S4. The second-order valence-corrected chi connectivity index (χ2v) is 15.7. The van der Waals surface area contributed by atoms with Gasteiger partial charge in [-0.2, -0.15) is 25.3 Å². The topological polar surface area (TPSA) is 358 Å². The van der Waals surface area contributed by atoms with Gasteiger partial charge in [0.05, 0.1) is 23.4 Å². The normalized spacial score (nSPS) is 21.2. The molecule has 0 amide bonds. The molecule has 2 aromatic heterocycles. The summed E-state index contributed by atoms with van der Waals surface area (Å²) in [6.45, 7) is 1.84. The van der Waals surface area contributed by atoms with Gasteiger partial charge in [-0.25, -0.2) is 15.0 Å². The number of rotatable bonds is 10. The Labute approximate surface area is 271 Å². The third-order valence-electron chi connectivity index (χ3n) is 6.02. The summed E-state index contributed by atoms with van der Waals surface area (Å²) in [4.78, 5) is 22.8. The van der Waals surface area contributed by atoms with Crippen LogP contribution >= 0.6 is 0 Å². The quantitative estimate of drug-likeness (QED) is 0.0784. The fourth-order valence-electron chi connectivity index (χ4n) is 3.78. The number of aromatic nitrogens is 4. The van der Waals surface area contributed by atoms with Gasteiger partial charge in [0.2, 0.25) is 0 Å². The van der Waals surface area contributed by atoms with Crippen LogP contribution in [0.25, 0.3) is 11.2 Å².